The zero-order chi connectivity index (χ0) is 48.3. The van der Waals surface area contributed by atoms with Crippen molar-refractivity contribution in [3.8, 4) is 5.75 Å². The van der Waals surface area contributed by atoms with Crippen molar-refractivity contribution < 1.29 is 63.2 Å². The van der Waals surface area contributed by atoms with E-state index in [9.17, 15) is 30.0 Å². The van der Waals surface area contributed by atoms with Crippen LogP contribution in [0.1, 0.15) is 115 Å². The van der Waals surface area contributed by atoms with Crippen molar-refractivity contribution >= 4 is 11.9 Å². The lowest BCUT2D eigenvalue weighted by molar-refractivity contribution is -0.340. The lowest BCUT2D eigenvalue weighted by Crippen LogP contribution is -2.62. The Kier molecular flexibility index (Phi) is 16.4. The van der Waals surface area contributed by atoms with Crippen LogP contribution >= 0.6 is 0 Å². The van der Waals surface area contributed by atoms with Crippen LogP contribution in [-0.4, -0.2) is 121 Å². The molecule has 14 nitrogen and oxygen atoms in total. The van der Waals surface area contributed by atoms with Crippen molar-refractivity contribution in [1.82, 2.24) is 5.32 Å². The Balaban J connectivity index is 1.02. The molecule has 0 radical (unpaired) electrons. The molecule has 3 unspecified atom stereocenters. The molecule has 2 heterocycles. The number of carbonyl (C=O) groups excluding carboxylic acids is 2. The maximum atomic E-state index is 13.4. The molecule has 5 fully saturated rings. The molecule has 0 spiro atoms. The van der Waals surface area contributed by atoms with Gasteiger partial charge in [-0.1, -0.05) is 82.5 Å². The molecule has 376 valence electrons. The van der Waals surface area contributed by atoms with Gasteiger partial charge in [-0.2, -0.15) is 0 Å². The molecule has 14 heteroatoms. The molecule has 2 aromatic rings. The summed E-state index contributed by atoms with van der Waals surface area (Å²) < 4.78 is 42.7. The van der Waals surface area contributed by atoms with Gasteiger partial charge in [0.2, 0.25) is 0 Å². The summed E-state index contributed by atoms with van der Waals surface area (Å²) in [7, 11) is 1.51. The van der Waals surface area contributed by atoms with E-state index < -0.39 is 61.1 Å². The normalized spacial score (nSPS) is 38.8. The summed E-state index contributed by atoms with van der Waals surface area (Å²) in [6.45, 7) is 12.1. The van der Waals surface area contributed by atoms with E-state index in [0.717, 1.165) is 77.3 Å². The van der Waals surface area contributed by atoms with E-state index in [1.165, 1.54) is 37.3 Å². The first-order chi connectivity index (χ1) is 32.6. The summed E-state index contributed by atoms with van der Waals surface area (Å²) in [6.07, 6.45) is 0.657. The third kappa shape index (κ3) is 10.9. The molecule has 3 saturated carbocycles. The Bertz CT molecular complexity index is 2020. The second kappa shape index (κ2) is 21.9. The first-order valence-corrected chi connectivity index (χ1v) is 25.3. The summed E-state index contributed by atoms with van der Waals surface area (Å²) in [5.41, 5.74) is 2.89. The quantitative estimate of drug-likeness (QED) is 0.0853. The van der Waals surface area contributed by atoms with Gasteiger partial charge in [0, 0.05) is 13.5 Å². The van der Waals surface area contributed by atoms with Crippen LogP contribution < -0.4 is 10.1 Å². The lowest BCUT2D eigenvalue weighted by atomic mass is 9.47. The zero-order valence-electron chi connectivity index (χ0n) is 40.9. The minimum atomic E-state index is -1.60. The Labute approximate surface area is 402 Å². The number of aliphatic hydroxyl groups excluding tert-OH is 4. The molecule has 0 bridgehead atoms. The van der Waals surface area contributed by atoms with Gasteiger partial charge in [0.05, 0.1) is 38.1 Å². The highest BCUT2D eigenvalue weighted by atomic mass is 16.7. The van der Waals surface area contributed by atoms with Crippen LogP contribution in [0.5, 0.6) is 5.75 Å². The molecular formula is C54H77NO13. The molecule has 0 aromatic heterocycles. The third-order valence-corrected chi connectivity index (χ3v) is 17.1. The van der Waals surface area contributed by atoms with Gasteiger partial charge in [0.15, 0.2) is 24.8 Å². The van der Waals surface area contributed by atoms with Crippen LogP contribution in [0.15, 0.2) is 66.2 Å². The maximum Gasteiger partial charge on any atom is 0.338 e. The minimum Gasteiger partial charge on any atom is -0.497 e. The Morgan fingerprint density at radius 2 is 1.56 bits per heavy atom. The van der Waals surface area contributed by atoms with Gasteiger partial charge >= 0.3 is 11.9 Å². The molecule has 6 aliphatic rings. The summed E-state index contributed by atoms with van der Waals surface area (Å²) in [5.74, 6) is 1.36. The van der Waals surface area contributed by atoms with Gasteiger partial charge in [-0.05, 0) is 134 Å². The van der Waals surface area contributed by atoms with Crippen molar-refractivity contribution in [3.05, 3.63) is 77.4 Å². The largest absolute Gasteiger partial charge is 0.497 e. The van der Waals surface area contributed by atoms with Crippen LogP contribution in [0.4, 0.5) is 0 Å². The molecular weight excluding hydrogens is 871 g/mol. The van der Waals surface area contributed by atoms with Crippen LogP contribution in [0.2, 0.25) is 0 Å². The summed E-state index contributed by atoms with van der Waals surface area (Å²) in [6, 6.07) is 16.7. The highest BCUT2D eigenvalue weighted by Gasteiger charge is 2.63. The zero-order valence-corrected chi connectivity index (χ0v) is 40.9. The van der Waals surface area contributed by atoms with Gasteiger partial charge in [0.1, 0.15) is 30.2 Å². The Morgan fingerprint density at radius 3 is 2.28 bits per heavy atom. The predicted octanol–water partition coefficient (Wildman–Crippen LogP) is 6.50. The first kappa shape index (κ1) is 50.9. The number of aliphatic hydroxyl groups is 4. The topological polar surface area (TPSA) is 192 Å². The number of hydrogen-bond acceptors (Lipinski definition) is 14. The number of carbonyl (C=O) groups is 2. The molecule has 8 rings (SSSR count). The molecule has 4 aliphatic carbocycles. The number of allylic oxidation sites excluding steroid dienone is 1. The molecule has 2 saturated heterocycles. The van der Waals surface area contributed by atoms with Gasteiger partial charge in [-0.15, -0.1) is 0 Å². The summed E-state index contributed by atoms with van der Waals surface area (Å²) >= 11 is 0. The van der Waals surface area contributed by atoms with E-state index in [1.54, 1.807) is 12.1 Å². The number of ether oxygens (including phenoxy) is 7. The summed E-state index contributed by atoms with van der Waals surface area (Å²) in [4.78, 5) is 26.3. The van der Waals surface area contributed by atoms with E-state index in [4.69, 9.17) is 33.2 Å². The number of nitrogens with one attached hydrogen (secondary N) is 1. The average Bonchev–Trinajstić information content (AvgIpc) is 3.62. The molecule has 5 N–H and O–H groups in total. The Hall–Kier alpha value is -3.44. The van der Waals surface area contributed by atoms with Crippen LogP contribution in [-0.2, 0) is 39.8 Å². The van der Waals surface area contributed by atoms with Crippen LogP contribution in [0.3, 0.4) is 0 Å². The van der Waals surface area contributed by atoms with E-state index in [2.05, 4.69) is 63.4 Å². The highest BCUT2D eigenvalue weighted by molar-refractivity contribution is 5.89. The first-order valence-electron chi connectivity index (χ1n) is 25.3. The molecule has 0 amide bonds. The van der Waals surface area contributed by atoms with Crippen molar-refractivity contribution in [2.24, 2.45) is 46.3 Å². The standard InChI is InChI=1S/C54H77NO13/c1-31(27-55-28-34-13-8-7-9-14-34)11-10-12-32(2)45-44(26-41-39-20-17-36-25-37(57)21-23-53(36,4)40(39)22-24-54(41,45)5)66-52-49(65-33(3)56)47(43(59)30-64-52)68-51-48(46(60)42(58)29-63-51)67-50(61)35-15-18-38(62-6)19-16-35/h7-9,13-19,31-32,37,39-49,51-52,55,57-60H,10-12,20-30H2,1-6H3/t31-,32-,37+,39?,40?,41?,42-,43+,44+,45+,46+,47+,48-,49-,51+,52+,53+,54+/m1/s1. The minimum absolute atomic E-state index is 0.0428. The number of benzene rings is 2. The van der Waals surface area contributed by atoms with Crippen molar-refractivity contribution in [2.75, 3.05) is 26.9 Å². The predicted molar refractivity (Wildman–Crippen MR) is 252 cm³/mol. The third-order valence-electron chi connectivity index (χ3n) is 17.1. The van der Waals surface area contributed by atoms with E-state index >= 15 is 0 Å². The number of esters is 2. The van der Waals surface area contributed by atoms with E-state index in [-0.39, 0.29) is 47.7 Å². The maximum absolute atomic E-state index is 13.4. The second-order valence-corrected chi connectivity index (χ2v) is 21.6. The average molecular weight is 948 g/mol. The fraction of sp³-hybridized carbons (Fsp3) is 0.704. The Morgan fingerprint density at radius 1 is 0.838 bits per heavy atom. The smallest absolute Gasteiger partial charge is 0.338 e. The number of fused-ring (bicyclic) bond motifs is 5. The van der Waals surface area contributed by atoms with E-state index in [0.29, 0.717) is 35.3 Å². The van der Waals surface area contributed by atoms with Crippen molar-refractivity contribution in [3.63, 3.8) is 0 Å². The lowest BCUT2D eigenvalue weighted by Gasteiger charge is -2.58. The number of methoxy groups -OCH3 is 1. The van der Waals surface area contributed by atoms with E-state index in [1.807, 2.05) is 6.07 Å². The number of hydrogen-bond donors (Lipinski definition) is 5. The highest BCUT2D eigenvalue weighted by Crippen LogP contribution is 2.68. The molecule has 68 heavy (non-hydrogen) atoms. The second-order valence-electron chi connectivity index (χ2n) is 21.6. The molecule has 2 aromatic carbocycles. The fourth-order valence-corrected chi connectivity index (χ4v) is 13.6. The fourth-order valence-electron chi connectivity index (χ4n) is 13.6. The SMILES string of the molecule is COc1ccc(C(=O)O[C@H]2[C@H](O[C@@H]3[C@@H](OC(C)=O)[C@H](O[C@H]4CC5C6CC=C7C[C@@H](O)CC[C@]7(C)C6CC[C@]5(C)[C@H]4[C@H](C)CCC[C@@H](C)CNCc4ccccc4)OC[C@@H]3O)OC[C@@H](O)[C@@H]2O)cc1. The van der Waals surface area contributed by atoms with Crippen molar-refractivity contribution in [2.45, 2.75) is 167 Å². The summed E-state index contributed by atoms with van der Waals surface area (Å²) in [5, 5.41) is 47.6. The molecule has 18 atom stereocenters. The van der Waals surface area contributed by atoms with Gasteiger partial charge in [0.25, 0.3) is 0 Å². The number of rotatable bonds is 17. The van der Waals surface area contributed by atoms with Crippen LogP contribution in [0.25, 0.3) is 0 Å². The van der Waals surface area contributed by atoms with Crippen LogP contribution in [0, 0.1) is 46.3 Å². The molecule has 2 aliphatic heterocycles. The van der Waals surface area contributed by atoms with Gasteiger partial charge in [-0.25, -0.2) is 4.79 Å². The monoisotopic (exact) mass is 948 g/mol. The van der Waals surface area contributed by atoms with Gasteiger partial charge < -0.3 is 58.9 Å². The van der Waals surface area contributed by atoms with Crippen molar-refractivity contribution in [1.29, 1.82) is 0 Å². The van der Waals surface area contributed by atoms with Gasteiger partial charge in [-0.3, -0.25) is 4.79 Å².